The molecule has 4 heteroatoms. The topological polar surface area (TPSA) is 41.6 Å². The van der Waals surface area contributed by atoms with Gasteiger partial charge in [0.2, 0.25) is 5.91 Å². The van der Waals surface area contributed by atoms with Gasteiger partial charge in [0.15, 0.2) is 0 Å². The van der Waals surface area contributed by atoms with Gasteiger partial charge < -0.3 is 10.1 Å². The van der Waals surface area contributed by atoms with Gasteiger partial charge in [-0.15, -0.1) is 0 Å². The first kappa shape index (κ1) is 21.0. The van der Waals surface area contributed by atoms with Gasteiger partial charge in [0.05, 0.1) is 19.1 Å². The Morgan fingerprint density at radius 1 is 1.00 bits per heavy atom. The Bertz CT molecular complexity index is 699. The van der Waals surface area contributed by atoms with Gasteiger partial charge in [0.1, 0.15) is 5.75 Å². The quantitative estimate of drug-likeness (QED) is 0.676. The number of hydrogen-bond donors (Lipinski definition) is 1. The number of amides is 1. The molecule has 0 saturated heterocycles. The third kappa shape index (κ3) is 5.57. The van der Waals surface area contributed by atoms with Gasteiger partial charge in [-0.25, -0.2) is 0 Å². The van der Waals surface area contributed by atoms with Gasteiger partial charge in [-0.1, -0.05) is 63.2 Å². The van der Waals surface area contributed by atoms with Crippen molar-refractivity contribution in [3.63, 3.8) is 0 Å². The molecule has 1 amide bonds. The SMILES string of the molecule is CC[C@H](C(=O)NC[C@H](c1cccc(OC)c1)N(CC)CC)c1ccccc1. The Kier molecular flexibility index (Phi) is 8.34. The van der Waals surface area contributed by atoms with Crippen molar-refractivity contribution in [3.8, 4) is 5.75 Å². The van der Waals surface area contributed by atoms with Crippen LogP contribution in [0.1, 0.15) is 50.3 Å². The van der Waals surface area contributed by atoms with Crippen LogP contribution in [0.5, 0.6) is 5.75 Å². The molecule has 2 rings (SSSR count). The van der Waals surface area contributed by atoms with E-state index in [0.717, 1.165) is 36.4 Å². The number of methoxy groups -OCH3 is 1. The second kappa shape index (κ2) is 10.7. The van der Waals surface area contributed by atoms with Crippen LogP contribution in [0.3, 0.4) is 0 Å². The molecule has 27 heavy (non-hydrogen) atoms. The van der Waals surface area contributed by atoms with Crippen LogP contribution in [0, 0.1) is 0 Å². The second-order valence-electron chi connectivity index (χ2n) is 6.63. The van der Waals surface area contributed by atoms with Crippen molar-refractivity contribution in [3.05, 3.63) is 65.7 Å². The number of hydrogen-bond acceptors (Lipinski definition) is 3. The van der Waals surface area contributed by atoms with Crippen molar-refractivity contribution in [1.29, 1.82) is 0 Å². The predicted octanol–water partition coefficient (Wildman–Crippen LogP) is 4.39. The smallest absolute Gasteiger partial charge is 0.227 e. The normalized spacial score (nSPS) is 13.2. The summed E-state index contributed by atoms with van der Waals surface area (Å²) in [6.45, 7) is 8.78. The van der Waals surface area contributed by atoms with Crippen LogP contribution in [-0.4, -0.2) is 37.6 Å². The van der Waals surface area contributed by atoms with E-state index >= 15 is 0 Å². The van der Waals surface area contributed by atoms with Crippen LogP contribution >= 0.6 is 0 Å². The number of carbonyl (C=O) groups excluding carboxylic acids is 1. The fourth-order valence-electron chi connectivity index (χ4n) is 3.55. The van der Waals surface area contributed by atoms with E-state index in [1.54, 1.807) is 7.11 Å². The molecule has 0 spiro atoms. The monoisotopic (exact) mass is 368 g/mol. The van der Waals surface area contributed by atoms with Crippen LogP contribution in [0.15, 0.2) is 54.6 Å². The highest BCUT2D eigenvalue weighted by atomic mass is 16.5. The summed E-state index contributed by atoms with van der Waals surface area (Å²) in [5, 5.41) is 3.20. The standard InChI is InChI=1S/C23H32N2O2/c1-5-21(18-12-9-8-10-13-18)23(26)24-17-22(25(6-2)7-3)19-14-11-15-20(16-19)27-4/h8-16,21-22H,5-7,17H2,1-4H3,(H,24,26)/t21-,22+/m0/s1. The van der Waals surface area contributed by atoms with Crippen molar-refractivity contribution in [1.82, 2.24) is 10.2 Å². The summed E-state index contributed by atoms with van der Waals surface area (Å²) in [7, 11) is 1.68. The molecule has 0 radical (unpaired) electrons. The van der Waals surface area contributed by atoms with E-state index in [1.165, 1.54) is 0 Å². The highest BCUT2D eigenvalue weighted by Crippen LogP contribution is 2.25. The van der Waals surface area contributed by atoms with E-state index in [-0.39, 0.29) is 17.9 Å². The molecule has 0 aliphatic carbocycles. The lowest BCUT2D eigenvalue weighted by Crippen LogP contribution is -2.39. The van der Waals surface area contributed by atoms with Gasteiger partial charge in [0.25, 0.3) is 0 Å². The Hall–Kier alpha value is -2.33. The van der Waals surface area contributed by atoms with Gasteiger partial charge in [0, 0.05) is 6.54 Å². The van der Waals surface area contributed by atoms with E-state index in [4.69, 9.17) is 4.74 Å². The Labute approximate surface area is 163 Å². The highest BCUT2D eigenvalue weighted by Gasteiger charge is 2.23. The fourth-order valence-corrected chi connectivity index (χ4v) is 3.55. The zero-order chi connectivity index (χ0) is 19.6. The first-order chi connectivity index (χ1) is 13.1. The molecule has 0 aliphatic heterocycles. The minimum atomic E-state index is -0.117. The summed E-state index contributed by atoms with van der Waals surface area (Å²) < 4.78 is 5.39. The maximum atomic E-state index is 12.9. The molecule has 2 atom stereocenters. The van der Waals surface area contributed by atoms with E-state index in [9.17, 15) is 4.79 Å². The zero-order valence-corrected chi connectivity index (χ0v) is 16.9. The molecule has 2 aromatic carbocycles. The van der Waals surface area contributed by atoms with Gasteiger partial charge >= 0.3 is 0 Å². The molecule has 4 nitrogen and oxygen atoms in total. The highest BCUT2D eigenvalue weighted by molar-refractivity contribution is 5.83. The van der Waals surface area contributed by atoms with Crippen molar-refractivity contribution < 1.29 is 9.53 Å². The number of nitrogens with one attached hydrogen (secondary N) is 1. The van der Waals surface area contributed by atoms with Gasteiger partial charge in [-0.05, 0) is 42.8 Å². The van der Waals surface area contributed by atoms with Gasteiger partial charge in [-0.3, -0.25) is 9.69 Å². The molecule has 0 aromatic heterocycles. The largest absolute Gasteiger partial charge is 0.497 e. The zero-order valence-electron chi connectivity index (χ0n) is 16.9. The number of benzene rings is 2. The molecule has 2 aromatic rings. The minimum absolute atomic E-state index is 0.0868. The van der Waals surface area contributed by atoms with Crippen LogP contribution in [0.2, 0.25) is 0 Å². The summed E-state index contributed by atoms with van der Waals surface area (Å²) in [4.78, 5) is 15.2. The molecule has 1 N–H and O–H groups in total. The van der Waals surface area contributed by atoms with Crippen LogP contribution < -0.4 is 10.1 Å². The van der Waals surface area contributed by atoms with Crippen LogP contribution in [0.25, 0.3) is 0 Å². The van der Waals surface area contributed by atoms with Gasteiger partial charge in [-0.2, -0.15) is 0 Å². The molecular weight excluding hydrogens is 336 g/mol. The number of nitrogens with zero attached hydrogens (tertiary/aromatic N) is 1. The summed E-state index contributed by atoms with van der Waals surface area (Å²) in [6.07, 6.45) is 0.783. The van der Waals surface area contributed by atoms with Crippen molar-refractivity contribution in [2.24, 2.45) is 0 Å². The summed E-state index contributed by atoms with van der Waals surface area (Å²) >= 11 is 0. The Morgan fingerprint density at radius 3 is 2.26 bits per heavy atom. The average molecular weight is 369 g/mol. The predicted molar refractivity (Wildman–Crippen MR) is 111 cm³/mol. The number of carbonyl (C=O) groups is 1. The lowest BCUT2D eigenvalue weighted by Gasteiger charge is -2.31. The minimum Gasteiger partial charge on any atom is -0.497 e. The Morgan fingerprint density at radius 2 is 1.67 bits per heavy atom. The fraction of sp³-hybridized carbons (Fsp3) is 0.435. The molecular formula is C23H32N2O2. The van der Waals surface area contributed by atoms with Crippen molar-refractivity contribution >= 4 is 5.91 Å². The van der Waals surface area contributed by atoms with Crippen LogP contribution in [0.4, 0.5) is 0 Å². The average Bonchev–Trinajstić information content (AvgIpc) is 2.72. The summed E-state index contributed by atoms with van der Waals surface area (Å²) in [5.74, 6) is 0.810. The maximum absolute atomic E-state index is 12.9. The lowest BCUT2D eigenvalue weighted by molar-refractivity contribution is -0.122. The summed E-state index contributed by atoms with van der Waals surface area (Å²) in [5.41, 5.74) is 2.23. The Balaban J connectivity index is 2.16. The number of ether oxygens (including phenoxy) is 1. The van der Waals surface area contributed by atoms with Crippen molar-refractivity contribution in [2.45, 2.75) is 39.2 Å². The van der Waals surface area contributed by atoms with E-state index in [2.05, 4.69) is 43.1 Å². The third-order valence-corrected chi connectivity index (χ3v) is 5.13. The number of likely N-dealkylation sites (N-methyl/N-ethyl adjacent to an activating group) is 1. The molecule has 0 bridgehead atoms. The third-order valence-electron chi connectivity index (χ3n) is 5.13. The van der Waals surface area contributed by atoms with E-state index < -0.39 is 0 Å². The molecule has 0 saturated carbocycles. The first-order valence-corrected chi connectivity index (χ1v) is 9.85. The van der Waals surface area contributed by atoms with E-state index in [0.29, 0.717) is 6.54 Å². The molecule has 0 aliphatic rings. The molecule has 0 unspecified atom stereocenters. The maximum Gasteiger partial charge on any atom is 0.227 e. The second-order valence-corrected chi connectivity index (χ2v) is 6.63. The summed E-state index contributed by atoms with van der Waals surface area (Å²) in [6, 6.07) is 18.2. The van der Waals surface area contributed by atoms with Crippen LogP contribution in [-0.2, 0) is 4.79 Å². The van der Waals surface area contributed by atoms with Crippen molar-refractivity contribution in [2.75, 3.05) is 26.7 Å². The number of rotatable bonds is 10. The molecule has 0 heterocycles. The molecule has 0 fully saturated rings. The lowest BCUT2D eigenvalue weighted by atomic mass is 9.95. The van der Waals surface area contributed by atoms with E-state index in [1.807, 2.05) is 42.5 Å². The molecule has 146 valence electrons. The first-order valence-electron chi connectivity index (χ1n) is 9.85.